The van der Waals surface area contributed by atoms with Crippen LogP contribution in [0, 0.1) is 11.3 Å². The summed E-state index contributed by atoms with van der Waals surface area (Å²) in [4.78, 5) is 11.4. The Morgan fingerprint density at radius 3 is 2.67 bits per heavy atom. The molecule has 0 aromatic rings. The van der Waals surface area contributed by atoms with E-state index in [1.54, 1.807) is 6.08 Å². The highest BCUT2D eigenvalue weighted by atomic mass is 16.3. The lowest BCUT2D eigenvalue weighted by atomic mass is 9.59. The van der Waals surface area contributed by atoms with E-state index in [4.69, 9.17) is 0 Å². The molecule has 0 aromatic carbocycles. The van der Waals surface area contributed by atoms with E-state index in [0.717, 1.165) is 5.57 Å². The fourth-order valence-electron chi connectivity index (χ4n) is 2.82. The molecule has 0 saturated heterocycles. The van der Waals surface area contributed by atoms with Crippen molar-refractivity contribution in [2.75, 3.05) is 0 Å². The first-order valence-corrected chi connectivity index (χ1v) is 5.53. The van der Waals surface area contributed by atoms with Gasteiger partial charge in [-0.15, -0.1) is 0 Å². The second kappa shape index (κ2) is 3.42. The molecule has 4 atom stereocenters. The third kappa shape index (κ3) is 1.64. The van der Waals surface area contributed by atoms with Crippen LogP contribution in [0.15, 0.2) is 11.6 Å². The van der Waals surface area contributed by atoms with Crippen LogP contribution in [0.3, 0.4) is 0 Å². The van der Waals surface area contributed by atoms with E-state index in [1.807, 2.05) is 0 Å². The zero-order chi connectivity index (χ0) is 11.2. The van der Waals surface area contributed by atoms with Crippen LogP contribution >= 0.6 is 0 Å². The van der Waals surface area contributed by atoms with Gasteiger partial charge in [-0.3, -0.25) is 4.79 Å². The molecule has 3 nitrogen and oxygen atoms in total. The molecule has 0 aliphatic heterocycles. The largest absolute Gasteiger partial charge is 0.390 e. The Morgan fingerprint density at radius 2 is 2.00 bits per heavy atom. The maximum absolute atomic E-state index is 11.4. The van der Waals surface area contributed by atoms with Gasteiger partial charge in [-0.05, 0) is 30.3 Å². The van der Waals surface area contributed by atoms with Crippen molar-refractivity contribution >= 4 is 5.78 Å². The molecule has 0 spiro atoms. The Labute approximate surface area is 89.8 Å². The summed E-state index contributed by atoms with van der Waals surface area (Å²) in [6, 6.07) is 0. The normalized spacial score (nSPS) is 46.0. The molecule has 1 saturated carbocycles. The highest BCUT2D eigenvalue weighted by Crippen LogP contribution is 2.49. The molecule has 84 valence electrons. The minimum absolute atomic E-state index is 0.105. The monoisotopic (exact) mass is 210 g/mol. The zero-order valence-electron chi connectivity index (χ0n) is 9.23. The average Bonchev–Trinajstić information content (AvgIpc) is 2.12. The van der Waals surface area contributed by atoms with Crippen molar-refractivity contribution in [1.29, 1.82) is 0 Å². The van der Waals surface area contributed by atoms with E-state index in [9.17, 15) is 15.0 Å². The van der Waals surface area contributed by atoms with Gasteiger partial charge in [0.1, 0.15) is 0 Å². The average molecular weight is 210 g/mol. The molecule has 2 rings (SSSR count). The zero-order valence-corrected chi connectivity index (χ0v) is 9.23. The maximum Gasteiger partial charge on any atom is 0.155 e. The van der Waals surface area contributed by atoms with Gasteiger partial charge in [0.25, 0.3) is 0 Å². The van der Waals surface area contributed by atoms with Gasteiger partial charge in [0.2, 0.25) is 0 Å². The lowest BCUT2D eigenvalue weighted by Crippen LogP contribution is -2.45. The molecule has 0 amide bonds. The highest BCUT2D eigenvalue weighted by molar-refractivity contribution is 5.92. The number of hydrogen-bond donors (Lipinski definition) is 2. The first kappa shape index (κ1) is 10.8. The predicted octanol–water partition coefficient (Wildman–Crippen LogP) is 1.04. The fraction of sp³-hybridized carbons (Fsp3) is 0.750. The second-order valence-corrected chi connectivity index (χ2v) is 5.20. The number of aliphatic hydroxyl groups is 2. The molecule has 2 aliphatic carbocycles. The number of carbonyl (C=O) groups excluding carboxylic acids is 1. The van der Waals surface area contributed by atoms with E-state index in [1.165, 1.54) is 0 Å². The van der Waals surface area contributed by atoms with Crippen LogP contribution in [0.1, 0.15) is 33.1 Å². The van der Waals surface area contributed by atoms with Gasteiger partial charge >= 0.3 is 0 Å². The lowest BCUT2D eigenvalue weighted by molar-refractivity contribution is -0.118. The summed E-state index contributed by atoms with van der Waals surface area (Å²) < 4.78 is 0. The summed E-state index contributed by atoms with van der Waals surface area (Å²) >= 11 is 0. The van der Waals surface area contributed by atoms with Crippen molar-refractivity contribution in [3.63, 3.8) is 0 Å². The number of hydrogen-bond acceptors (Lipinski definition) is 3. The summed E-state index contributed by atoms with van der Waals surface area (Å²) in [6.45, 7) is 4.14. The Bertz CT molecular complexity index is 321. The second-order valence-electron chi connectivity index (χ2n) is 5.20. The molecule has 0 heterocycles. The van der Waals surface area contributed by atoms with Gasteiger partial charge in [-0.25, -0.2) is 0 Å². The van der Waals surface area contributed by atoms with Gasteiger partial charge in [0.15, 0.2) is 5.78 Å². The van der Waals surface area contributed by atoms with Gasteiger partial charge < -0.3 is 10.2 Å². The number of allylic oxidation sites excluding steroid dienone is 1. The summed E-state index contributed by atoms with van der Waals surface area (Å²) in [6.07, 6.45) is 1.88. The molecule has 0 radical (unpaired) electrons. The lowest BCUT2D eigenvalue weighted by Gasteiger charge is -2.47. The third-order valence-electron chi connectivity index (χ3n) is 4.17. The van der Waals surface area contributed by atoms with Gasteiger partial charge in [-0.1, -0.05) is 19.4 Å². The summed E-state index contributed by atoms with van der Waals surface area (Å²) in [5, 5.41) is 19.3. The molecule has 3 heteroatoms. The van der Waals surface area contributed by atoms with Crippen LogP contribution in [-0.2, 0) is 4.79 Å². The van der Waals surface area contributed by atoms with Crippen molar-refractivity contribution in [3.8, 4) is 0 Å². The van der Waals surface area contributed by atoms with Crippen molar-refractivity contribution in [3.05, 3.63) is 11.6 Å². The number of fused-ring (bicyclic) bond motifs is 1. The molecule has 0 aromatic heterocycles. The Balaban J connectivity index is 2.35. The molecule has 0 unspecified atom stereocenters. The van der Waals surface area contributed by atoms with Crippen LogP contribution < -0.4 is 0 Å². The molecule has 0 bridgehead atoms. The van der Waals surface area contributed by atoms with Crippen molar-refractivity contribution in [2.24, 2.45) is 11.3 Å². The fourth-order valence-corrected chi connectivity index (χ4v) is 2.82. The Hall–Kier alpha value is -0.670. The van der Waals surface area contributed by atoms with Crippen LogP contribution in [0.25, 0.3) is 0 Å². The van der Waals surface area contributed by atoms with E-state index < -0.39 is 12.2 Å². The number of ketones is 1. The SMILES string of the molecule is C[C@@H]1CC(=O)C=C2C[C@@H](O)[C@@H](O)C[C@]21C. The quantitative estimate of drug-likeness (QED) is 0.628. The highest BCUT2D eigenvalue weighted by Gasteiger charge is 2.45. The van der Waals surface area contributed by atoms with Gasteiger partial charge in [-0.2, -0.15) is 0 Å². The number of aliphatic hydroxyl groups excluding tert-OH is 2. The summed E-state index contributed by atoms with van der Waals surface area (Å²) in [5.41, 5.74) is 0.913. The Morgan fingerprint density at radius 1 is 1.33 bits per heavy atom. The molecule has 2 aliphatic rings. The van der Waals surface area contributed by atoms with Crippen LogP contribution in [-0.4, -0.2) is 28.2 Å². The van der Waals surface area contributed by atoms with Crippen LogP contribution in [0.4, 0.5) is 0 Å². The van der Waals surface area contributed by atoms with E-state index in [0.29, 0.717) is 19.3 Å². The van der Waals surface area contributed by atoms with Crippen molar-refractivity contribution in [1.82, 2.24) is 0 Å². The number of rotatable bonds is 0. The minimum atomic E-state index is -0.706. The summed E-state index contributed by atoms with van der Waals surface area (Å²) in [5.74, 6) is 0.408. The Kier molecular flexibility index (Phi) is 2.47. The number of carbonyl (C=O) groups is 1. The van der Waals surface area contributed by atoms with Gasteiger partial charge in [0.05, 0.1) is 12.2 Å². The first-order valence-electron chi connectivity index (χ1n) is 5.53. The van der Waals surface area contributed by atoms with Crippen molar-refractivity contribution < 1.29 is 15.0 Å². The molecular weight excluding hydrogens is 192 g/mol. The molecule has 2 N–H and O–H groups in total. The third-order valence-corrected chi connectivity index (χ3v) is 4.17. The molecule has 15 heavy (non-hydrogen) atoms. The van der Waals surface area contributed by atoms with Crippen LogP contribution in [0.5, 0.6) is 0 Å². The topological polar surface area (TPSA) is 57.5 Å². The van der Waals surface area contributed by atoms with Crippen molar-refractivity contribution in [2.45, 2.75) is 45.3 Å². The molecular formula is C12H18O3. The van der Waals surface area contributed by atoms with E-state index in [-0.39, 0.29) is 17.1 Å². The standard InChI is InChI=1S/C12H18O3/c1-7-3-9(13)4-8-5-10(14)11(15)6-12(7,8)2/h4,7,10-11,14-15H,3,5-6H2,1-2H3/t7-,10-,11+,12+/m1/s1. The maximum atomic E-state index is 11.4. The first-order chi connectivity index (χ1) is 6.93. The molecule has 1 fully saturated rings. The van der Waals surface area contributed by atoms with Gasteiger partial charge in [0, 0.05) is 6.42 Å². The van der Waals surface area contributed by atoms with E-state index in [2.05, 4.69) is 13.8 Å². The summed E-state index contributed by atoms with van der Waals surface area (Å²) in [7, 11) is 0. The van der Waals surface area contributed by atoms with E-state index >= 15 is 0 Å². The minimum Gasteiger partial charge on any atom is -0.390 e. The predicted molar refractivity (Wildman–Crippen MR) is 56.2 cm³/mol. The smallest absolute Gasteiger partial charge is 0.155 e. The van der Waals surface area contributed by atoms with Crippen LogP contribution in [0.2, 0.25) is 0 Å².